The lowest BCUT2D eigenvalue weighted by atomic mass is 9.87. The van der Waals surface area contributed by atoms with Gasteiger partial charge < -0.3 is 24.8 Å². The number of carbonyl (C=O) groups excluding carboxylic acids is 1. The molecule has 0 bridgehead atoms. The zero-order valence-corrected chi connectivity index (χ0v) is 10.9. The molecule has 3 N–H and O–H groups in total. The minimum atomic E-state index is -1.27. The average molecular weight is 262 g/mol. The van der Waals surface area contributed by atoms with Gasteiger partial charge in [-0.15, -0.1) is 0 Å². The van der Waals surface area contributed by atoms with Gasteiger partial charge in [0.2, 0.25) is 0 Å². The van der Waals surface area contributed by atoms with Crippen molar-refractivity contribution in [2.75, 3.05) is 0 Å². The quantitative estimate of drug-likeness (QED) is 0.607. The van der Waals surface area contributed by atoms with Gasteiger partial charge in [0.05, 0.1) is 24.7 Å². The predicted octanol–water partition coefficient (Wildman–Crippen LogP) is -0.207. The Morgan fingerprint density at radius 3 is 2.39 bits per heavy atom. The van der Waals surface area contributed by atoms with E-state index < -0.39 is 36.5 Å². The summed E-state index contributed by atoms with van der Waals surface area (Å²) in [5.41, 5.74) is 0. The van der Waals surface area contributed by atoms with Crippen LogP contribution in [-0.4, -0.2) is 52.0 Å². The highest BCUT2D eigenvalue weighted by Gasteiger charge is 2.44. The highest BCUT2D eigenvalue weighted by Crippen LogP contribution is 2.29. The molecule has 6 nitrogen and oxygen atoms in total. The smallest absolute Gasteiger partial charge is 0.306 e. The van der Waals surface area contributed by atoms with E-state index >= 15 is 0 Å². The van der Waals surface area contributed by atoms with E-state index in [0.717, 1.165) is 0 Å². The minimum Gasteiger partial charge on any atom is -0.463 e. The number of ether oxygens (including phenoxy) is 2. The highest BCUT2D eigenvalue weighted by atomic mass is 16.6. The number of rotatable bonds is 4. The number of hydrogen-bond donors (Lipinski definition) is 3. The number of aliphatic hydroxyl groups excluding tert-OH is 3. The summed E-state index contributed by atoms with van der Waals surface area (Å²) in [4.78, 5) is 11.5. The summed E-state index contributed by atoms with van der Waals surface area (Å²) in [6.45, 7) is 5.20. The van der Waals surface area contributed by atoms with Crippen molar-refractivity contribution in [1.29, 1.82) is 0 Å². The maximum absolute atomic E-state index is 11.5. The first-order valence-corrected chi connectivity index (χ1v) is 6.26. The largest absolute Gasteiger partial charge is 0.463 e. The van der Waals surface area contributed by atoms with Gasteiger partial charge in [-0.1, -0.05) is 6.92 Å². The molecule has 0 aromatic carbocycles. The Balaban J connectivity index is 2.62. The maximum atomic E-state index is 11.5. The summed E-state index contributed by atoms with van der Waals surface area (Å²) >= 11 is 0. The van der Waals surface area contributed by atoms with Crippen molar-refractivity contribution in [2.24, 2.45) is 5.92 Å². The van der Waals surface area contributed by atoms with Gasteiger partial charge in [-0.2, -0.15) is 0 Å². The molecule has 0 aromatic rings. The molecule has 0 aliphatic carbocycles. The molecule has 1 aliphatic heterocycles. The van der Waals surface area contributed by atoms with Crippen LogP contribution in [0.15, 0.2) is 0 Å². The van der Waals surface area contributed by atoms with Gasteiger partial charge >= 0.3 is 5.97 Å². The topological polar surface area (TPSA) is 96.2 Å². The predicted molar refractivity (Wildman–Crippen MR) is 62.5 cm³/mol. The number of aliphatic hydroxyl groups is 3. The molecular formula is C12H22O6. The first kappa shape index (κ1) is 15.4. The molecule has 0 radical (unpaired) electrons. The summed E-state index contributed by atoms with van der Waals surface area (Å²) in [7, 11) is 0. The zero-order chi connectivity index (χ0) is 13.9. The molecule has 5 atom stereocenters. The van der Waals surface area contributed by atoms with Gasteiger partial charge in [-0.25, -0.2) is 0 Å². The van der Waals surface area contributed by atoms with Gasteiger partial charge in [0.1, 0.15) is 6.10 Å². The molecule has 3 unspecified atom stereocenters. The summed E-state index contributed by atoms with van der Waals surface area (Å²) in [6.07, 6.45) is -4.16. The number of esters is 1. The van der Waals surface area contributed by atoms with Crippen molar-refractivity contribution in [3.05, 3.63) is 0 Å². The minimum absolute atomic E-state index is 0.187. The molecule has 1 fully saturated rings. The van der Waals surface area contributed by atoms with E-state index in [2.05, 4.69) is 0 Å². The van der Waals surface area contributed by atoms with Gasteiger partial charge in [0.15, 0.2) is 6.29 Å². The lowest BCUT2D eigenvalue weighted by Gasteiger charge is -2.40. The molecule has 18 heavy (non-hydrogen) atoms. The molecular weight excluding hydrogens is 240 g/mol. The van der Waals surface area contributed by atoms with Gasteiger partial charge in [0.25, 0.3) is 0 Å². The molecule has 6 heteroatoms. The van der Waals surface area contributed by atoms with E-state index in [1.807, 2.05) is 0 Å². The van der Waals surface area contributed by atoms with Crippen LogP contribution in [0.4, 0.5) is 0 Å². The van der Waals surface area contributed by atoms with Crippen molar-refractivity contribution in [1.82, 2.24) is 0 Å². The van der Waals surface area contributed by atoms with E-state index in [9.17, 15) is 20.1 Å². The van der Waals surface area contributed by atoms with E-state index in [1.165, 1.54) is 0 Å². The molecule has 0 spiro atoms. The Labute approximate surface area is 107 Å². The molecule has 1 heterocycles. The second kappa shape index (κ2) is 6.47. The molecule has 0 aromatic heterocycles. The standard InChI is InChI=1S/C12H22O6/c1-4-8-11(15)10(14)7(12(16)18-8)5-9(13)17-6(2)3/h6-8,10-12,14-16H,4-5H2,1-3H3/t7?,8-,10?,11-,12?/m1/s1. The van der Waals surface area contributed by atoms with E-state index in [0.29, 0.717) is 6.42 Å². The fraction of sp³-hybridized carbons (Fsp3) is 0.917. The van der Waals surface area contributed by atoms with E-state index in [1.54, 1.807) is 20.8 Å². The van der Waals surface area contributed by atoms with Crippen molar-refractivity contribution in [3.63, 3.8) is 0 Å². The van der Waals surface area contributed by atoms with Crippen LogP contribution >= 0.6 is 0 Å². The number of hydrogen-bond acceptors (Lipinski definition) is 6. The lowest BCUT2D eigenvalue weighted by molar-refractivity contribution is -0.265. The first-order valence-electron chi connectivity index (χ1n) is 6.26. The fourth-order valence-corrected chi connectivity index (χ4v) is 2.07. The Morgan fingerprint density at radius 2 is 1.89 bits per heavy atom. The molecule has 0 saturated carbocycles. The molecule has 0 amide bonds. The third kappa shape index (κ3) is 3.65. The molecule has 1 rings (SSSR count). The maximum Gasteiger partial charge on any atom is 0.306 e. The molecule has 1 aliphatic rings. The first-order chi connectivity index (χ1) is 8.36. The van der Waals surface area contributed by atoms with Gasteiger partial charge in [-0.3, -0.25) is 4.79 Å². The van der Waals surface area contributed by atoms with Gasteiger partial charge in [-0.05, 0) is 20.3 Å². The monoisotopic (exact) mass is 262 g/mol. The Bertz CT molecular complexity index is 280. The normalized spacial score (nSPS) is 36.7. The Kier molecular flexibility index (Phi) is 5.52. The van der Waals surface area contributed by atoms with E-state index in [-0.39, 0.29) is 12.5 Å². The van der Waals surface area contributed by atoms with Crippen molar-refractivity contribution >= 4 is 5.97 Å². The van der Waals surface area contributed by atoms with Crippen molar-refractivity contribution < 1.29 is 29.6 Å². The third-order valence-corrected chi connectivity index (χ3v) is 3.02. The average Bonchev–Trinajstić information content (AvgIpc) is 2.28. The summed E-state index contributed by atoms with van der Waals surface area (Å²) in [5.74, 6) is -1.40. The highest BCUT2D eigenvalue weighted by molar-refractivity contribution is 5.70. The van der Waals surface area contributed by atoms with Crippen LogP contribution in [0, 0.1) is 5.92 Å². The van der Waals surface area contributed by atoms with Crippen LogP contribution in [-0.2, 0) is 14.3 Å². The van der Waals surface area contributed by atoms with Crippen LogP contribution < -0.4 is 0 Å². The lowest BCUT2D eigenvalue weighted by Crippen LogP contribution is -2.54. The van der Waals surface area contributed by atoms with Crippen molar-refractivity contribution in [2.45, 2.75) is 64.3 Å². The van der Waals surface area contributed by atoms with Crippen LogP contribution in [0.1, 0.15) is 33.6 Å². The summed E-state index contributed by atoms with van der Waals surface area (Å²) < 4.78 is 10.1. The summed E-state index contributed by atoms with van der Waals surface area (Å²) in [6, 6.07) is 0. The van der Waals surface area contributed by atoms with Crippen LogP contribution in [0.25, 0.3) is 0 Å². The SMILES string of the molecule is CC[C@H]1OC(O)C(CC(=O)OC(C)C)C(O)[C@@H]1O. The Morgan fingerprint density at radius 1 is 1.28 bits per heavy atom. The summed E-state index contributed by atoms with van der Waals surface area (Å²) in [5, 5.41) is 29.4. The zero-order valence-electron chi connectivity index (χ0n) is 10.9. The fourth-order valence-electron chi connectivity index (χ4n) is 2.07. The second-order valence-electron chi connectivity index (χ2n) is 4.86. The molecule has 106 valence electrons. The van der Waals surface area contributed by atoms with Crippen LogP contribution in [0.3, 0.4) is 0 Å². The Hall–Kier alpha value is -0.690. The third-order valence-electron chi connectivity index (χ3n) is 3.02. The van der Waals surface area contributed by atoms with Crippen molar-refractivity contribution in [3.8, 4) is 0 Å². The number of carbonyl (C=O) groups is 1. The van der Waals surface area contributed by atoms with E-state index in [4.69, 9.17) is 9.47 Å². The molecule has 1 saturated heterocycles. The van der Waals surface area contributed by atoms with Gasteiger partial charge in [0, 0.05) is 5.92 Å². The second-order valence-corrected chi connectivity index (χ2v) is 4.86. The van der Waals surface area contributed by atoms with Crippen LogP contribution in [0.5, 0.6) is 0 Å². The van der Waals surface area contributed by atoms with Crippen LogP contribution in [0.2, 0.25) is 0 Å².